The van der Waals surface area contributed by atoms with Crippen LogP contribution in [0.4, 0.5) is 28.4 Å². The summed E-state index contributed by atoms with van der Waals surface area (Å²) in [5.74, 6) is -1.53. The number of ether oxygens (including phenoxy) is 1. The highest BCUT2D eigenvalue weighted by Crippen LogP contribution is 2.44. The minimum Gasteiger partial charge on any atom is -0.506 e. The largest absolute Gasteiger partial charge is 0.506 e. The molecule has 4 aromatic carbocycles. The molecule has 0 aromatic heterocycles. The summed E-state index contributed by atoms with van der Waals surface area (Å²) in [6, 6.07) is 12.5. The number of phenolic OH excluding ortho intramolecular Hbond substituents is 2. The number of fused-ring (bicyclic) bond motifs is 1. The maximum atomic E-state index is 12.3. The highest BCUT2D eigenvalue weighted by molar-refractivity contribution is 7.91. The molecule has 238 valence electrons. The van der Waals surface area contributed by atoms with E-state index >= 15 is 0 Å². The average molecular weight is 680 g/mol. The Morgan fingerprint density at radius 2 is 1.40 bits per heavy atom. The van der Waals surface area contributed by atoms with E-state index in [-0.39, 0.29) is 49.9 Å². The number of nitrogens with zero attached hydrogens (tertiary/aromatic N) is 4. The molecule has 4 rings (SSSR count). The van der Waals surface area contributed by atoms with Gasteiger partial charge in [0.25, 0.3) is 20.2 Å². The number of hydrogen-bond acceptors (Lipinski definition) is 14. The van der Waals surface area contributed by atoms with Crippen molar-refractivity contribution in [3.05, 3.63) is 60.7 Å². The van der Waals surface area contributed by atoms with Crippen molar-refractivity contribution in [3.8, 4) is 17.2 Å². The van der Waals surface area contributed by atoms with Crippen LogP contribution in [0.5, 0.6) is 17.2 Å². The Morgan fingerprint density at radius 3 is 2.04 bits per heavy atom. The number of benzene rings is 4. The Balaban J connectivity index is 1.87. The minimum atomic E-state index is -4.99. The van der Waals surface area contributed by atoms with Crippen LogP contribution in [0.15, 0.2) is 90.9 Å². The maximum Gasteiger partial charge on any atom is 0.296 e. The number of aromatic hydroxyl groups is 2. The van der Waals surface area contributed by atoms with E-state index in [9.17, 15) is 44.6 Å². The Kier molecular flexibility index (Phi) is 9.40. The zero-order valence-electron chi connectivity index (χ0n) is 23.3. The predicted molar refractivity (Wildman–Crippen MR) is 163 cm³/mol. The lowest BCUT2D eigenvalue weighted by Gasteiger charge is -2.12. The van der Waals surface area contributed by atoms with Gasteiger partial charge in [0.05, 0.1) is 23.4 Å². The van der Waals surface area contributed by atoms with Crippen molar-refractivity contribution in [1.29, 1.82) is 0 Å². The molecule has 5 N–H and O–H groups in total. The highest BCUT2D eigenvalue weighted by atomic mass is 32.2. The lowest BCUT2D eigenvalue weighted by Crippen LogP contribution is -2.13. The predicted octanol–water partition coefficient (Wildman–Crippen LogP) is 5.39. The van der Waals surface area contributed by atoms with Crippen LogP contribution < -0.4 is 10.1 Å². The Morgan fingerprint density at radius 1 is 0.756 bits per heavy atom. The molecule has 4 aromatic rings. The number of methoxy groups -OCH3 is 1. The summed E-state index contributed by atoms with van der Waals surface area (Å²) < 4.78 is 95.7. The molecular formula is C26H25N5O11S3. The summed E-state index contributed by atoms with van der Waals surface area (Å²) in [6.07, 6.45) is 0. The van der Waals surface area contributed by atoms with Gasteiger partial charge in [-0.15, -0.1) is 20.5 Å². The summed E-state index contributed by atoms with van der Waals surface area (Å²) in [7, 11) is -12.0. The second-order valence-electron chi connectivity index (χ2n) is 9.16. The first-order valence-electron chi connectivity index (χ1n) is 12.6. The van der Waals surface area contributed by atoms with Gasteiger partial charge in [-0.1, -0.05) is 6.92 Å². The third kappa shape index (κ3) is 7.70. The molecule has 0 heterocycles. The molecule has 0 aliphatic rings. The molecule has 0 spiro atoms. The monoisotopic (exact) mass is 679 g/mol. The van der Waals surface area contributed by atoms with Gasteiger partial charge in [0, 0.05) is 16.8 Å². The first-order chi connectivity index (χ1) is 21.0. The molecule has 0 unspecified atom stereocenters. The minimum absolute atomic E-state index is 0.0301. The second kappa shape index (κ2) is 12.7. The Hall–Kier alpha value is -4.69. The highest BCUT2D eigenvalue weighted by Gasteiger charge is 2.22. The standard InChI is InChI=1S/C26H25N5O11S3/c1-3-43(34,35)16-5-8-19(24(13-16)45(39,40)41)28-31-25-17-6-10-21(29-30-22-12-15(42-2)4-11-23(22)32)26(33)18(17)7-9-20(25)27-14-44(36,37)38/h4-13,27,32-33H,3,14H2,1-2H3,(H,36,37,38)(H,39,40,41)/b30-29+,31-28+. The molecule has 0 bridgehead atoms. The lowest BCUT2D eigenvalue weighted by atomic mass is 10.1. The van der Waals surface area contributed by atoms with E-state index in [0.717, 1.165) is 18.2 Å². The van der Waals surface area contributed by atoms with E-state index in [1.807, 2.05) is 0 Å². The molecule has 0 atom stereocenters. The SMILES string of the molecule is CCS(=O)(=O)c1ccc(/N=N/c2c(NCS(=O)(=O)O)ccc3c(O)c(/N=N/c4cc(OC)ccc4O)ccc23)c(S(=O)(=O)O)c1. The molecule has 0 aliphatic carbocycles. The second-order valence-corrected chi connectivity index (χ2v) is 14.3. The molecule has 0 fully saturated rings. The van der Waals surface area contributed by atoms with Crippen LogP contribution in [0.3, 0.4) is 0 Å². The number of phenols is 2. The molecule has 19 heteroatoms. The summed E-state index contributed by atoms with van der Waals surface area (Å²) in [6.45, 7) is 1.35. The first kappa shape index (κ1) is 33.2. The van der Waals surface area contributed by atoms with Crippen molar-refractivity contribution in [2.45, 2.75) is 16.7 Å². The number of hydrogen-bond donors (Lipinski definition) is 5. The van der Waals surface area contributed by atoms with E-state index < -0.39 is 52.3 Å². The molecular weight excluding hydrogens is 655 g/mol. The van der Waals surface area contributed by atoms with Crippen LogP contribution in [-0.4, -0.2) is 63.3 Å². The van der Waals surface area contributed by atoms with E-state index in [1.54, 1.807) is 0 Å². The summed E-state index contributed by atoms with van der Waals surface area (Å²) >= 11 is 0. The van der Waals surface area contributed by atoms with Crippen molar-refractivity contribution in [1.82, 2.24) is 0 Å². The normalized spacial score (nSPS) is 12.7. The third-order valence-corrected chi connectivity index (χ3v) is 9.35. The quantitative estimate of drug-likeness (QED) is 0.0988. The van der Waals surface area contributed by atoms with Gasteiger partial charge in [-0.05, 0) is 54.6 Å². The summed E-state index contributed by atoms with van der Waals surface area (Å²) in [5, 5.41) is 39.6. The van der Waals surface area contributed by atoms with Crippen LogP contribution >= 0.6 is 0 Å². The number of rotatable bonds is 11. The molecule has 16 nitrogen and oxygen atoms in total. The third-order valence-electron chi connectivity index (χ3n) is 6.22. The van der Waals surface area contributed by atoms with E-state index in [4.69, 9.17) is 4.74 Å². The van der Waals surface area contributed by atoms with E-state index in [2.05, 4.69) is 25.8 Å². The van der Waals surface area contributed by atoms with Crippen LogP contribution in [0.25, 0.3) is 10.8 Å². The smallest absolute Gasteiger partial charge is 0.296 e. The molecule has 0 amide bonds. The molecule has 0 radical (unpaired) electrons. The first-order valence-corrected chi connectivity index (χ1v) is 17.3. The number of anilines is 1. The van der Waals surface area contributed by atoms with Gasteiger partial charge in [-0.2, -0.15) is 16.8 Å². The zero-order valence-corrected chi connectivity index (χ0v) is 25.8. The fourth-order valence-corrected chi connectivity index (χ4v) is 5.90. The van der Waals surface area contributed by atoms with Crippen molar-refractivity contribution >= 4 is 69.3 Å². The average Bonchev–Trinajstić information content (AvgIpc) is 2.98. The fraction of sp³-hybridized carbons (Fsp3) is 0.154. The topological polar surface area (TPSA) is 254 Å². The van der Waals surface area contributed by atoms with Gasteiger partial charge >= 0.3 is 0 Å². The van der Waals surface area contributed by atoms with Crippen LogP contribution in [0.2, 0.25) is 0 Å². The van der Waals surface area contributed by atoms with Crippen LogP contribution in [0, 0.1) is 0 Å². The van der Waals surface area contributed by atoms with Crippen molar-refractivity contribution in [2.75, 3.05) is 24.1 Å². The van der Waals surface area contributed by atoms with Gasteiger partial charge in [0.1, 0.15) is 45.0 Å². The number of azo groups is 2. The zero-order chi connectivity index (χ0) is 33.2. The van der Waals surface area contributed by atoms with Crippen molar-refractivity contribution in [2.24, 2.45) is 20.5 Å². The molecule has 0 saturated heterocycles. The van der Waals surface area contributed by atoms with Gasteiger partial charge in [0.2, 0.25) is 0 Å². The van der Waals surface area contributed by atoms with Crippen LogP contribution in [-0.2, 0) is 30.1 Å². The number of nitrogens with one attached hydrogen (secondary N) is 1. The number of sulfone groups is 1. The van der Waals surface area contributed by atoms with E-state index in [0.29, 0.717) is 5.75 Å². The van der Waals surface area contributed by atoms with Crippen molar-refractivity contribution in [3.63, 3.8) is 0 Å². The maximum absolute atomic E-state index is 12.3. The summed E-state index contributed by atoms with van der Waals surface area (Å²) in [5.41, 5.74) is -0.643. The van der Waals surface area contributed by atoms with Gasteiger partial charge in [0.15, 0.2) is 15.6 Å². The lowest BCUT2D eigenvalue weighted by molar-refractivity contribution is 0.412. The Labute approximate surface area is 257 Å². The summed E-state index contributed by atoms with van der Waals surface area (Å²) in [4.78, 5) is -1.24. The van der Waals surface area contributed by atoms with Gasteiger partial charge in [-0.3, -0.25) is 9.11 Å². The van der Waals surface area contributed by atoms with Gasteiger partial charge < -0.3 is 20.3 Å². The molecule has 0 saturated carbocycles. The van der Waals surface area contributed by atoms with Gasteiger partial charge in [-0.25, -0.2) is 8.42 Å². The van der Waals surface area contributed by atoms with Crippen molar-refractivity contribution < 1.29 is 49.3 Å². The van der Waals surface area contributed by atoms with Crippen LogP contribution in [0.1, 0.15) is 6.92 Å². The van der Waals surface area contributed by atoms with E-state index in [1.165, 1.54) is 56.5 Å². The fourth-order valence-electron chi connectivity index (χ4n) is 3.93. The Bertz CT molecular complexity index is 2190. The molecule has 45 heavy (non-hydrogen) atoms. The molecule has 0 aliphatic heterocycles.